The molecule has 0 saturated heterocycles. The molecule has 1 rings (SSSR count). The topological polar surface area (TPSA) is 17.1 Å². The van der Waals surface area contributed by atoms with E-state index in [1.807, 2.05) is 0 Å². The van der Waals surface area contributed by atoms with Crippen LogP contribution in [0.1, 0.15) is 21.5 Å². The molecule has 0 radical (unpaired) electrons. The van der Waals surface area contributed by atoms with Gasteiger partial charge in [0.2, 0.25) is 0 Å². The van der Waals surface area contributed by atoms with Crippen molar-refractivity contribution in [1.29, 1.82) is 0 Å². The normalized spacial score (nSPS) is 9.83. The highest BCUT2D eigenvalue weighted by Crippen LogP contribution is 2.11. The molecule has 0 bridgehead atoms. The molecule has 1 aromatic rings. The molecule has 0 aliphatic rings. The van der Waals surface area contributed by atoms with Crippen LogP contribution in [0, 0.1) is 0 Å². The first-order chi connectivity index (χ1) is 5.80. The predicted molar refractivity (Wildman–Crippen MR) is 41.5 cm³/mol. The van der Waals surface area contributed by atoms with Gasteiger partial charge in [-0.05, 0) is 23.3 Å². The summed E-state index contributed by atoms with van der Waals surface area (Å²) in [5, 5.41) is 0. The molecule has 0 aliphatic heterocycles. The summed E-state index contributed by atoms with van der Waals surface area (Å²) in [4.78, 5) is 10.3. The summed E-state index contributed by atoms with van der Waals surface area (Å²) in [7, 11) is 0. The van der Waals surface area contributed by atoms with Crippen LogP contribution in [-0.2, 0) is 13.3 Å². The second-order valence-corrected chi connectivity index (χ2v) is 2.47. The van der Waals surface area contributed by atoms with Gasteiger partial charge in [-0.2, -0.15) is 0 Å². The van der Waals surface area contributed by atoms with Crippen LogP contribution in [-0.4, -0.2) is 6.29 Å². The third-order valence-electron chi connectivity index (χ3n) is 1.52. The number of halogens is 2. The van der Waals surface area contributed by atoms with Gasteiger partial charge in [0.15, 0.2) is 0 Å². The predicted octanol–water partition coefficient (Wildman–Crippen LogP) is 2.44. The zero-order valence-electron chi connectivity index (χ0n) is 6.39. The molecule has 0 amide bonds. The largest absolute Gasteiger partial charge is 0.298 e. The van der Waals surface area contributed by atoms with Gasteiger partial charge in [-0.1, -0.05) is 6.07 Å². The summed E-state index contributed by atoms with van der Waals surface area (Å²) in [5.41, 5.74) is 0.998. The van der Waals surface area contributed by atoms with Crippen molar-refractivity contribution < 1.29 is 13.6 Å². The summed E-state index contributed by atoms with van der Waals surface area (Å²) in [6.07, 6.45) is 0.582. The number of carbonyl (C=O) groups excluding carboxylic acids is 1. The molecule has 0 atom stereocenters. The molecule has 1 nitrogen and oxygen atoms in total. The van der Waals surface area contributed by atoms with Crippen molar-refractivity contribution in [3.63, 3.8) is 0 Å². The fourth-order valence-electron chi connectivity index (χ4n) is 1.01. The van der Waals surface area contributed by atoms with Gasteiger partial charge in [0.05, 0.1) is 0 Å². The third-order valence-corrected chi connectivity index (χ3v) is 1.52. The van der Waals surface area contributed by atoms with E-state index in [9.17, 15) is 13.6 Å². The lowest BCUT2D eigenvalue weighted by atomic mass is 10.1. The van der Waals surface area contributed by atoms with Crippen molar-refractivity contribution in [2.24, 2.45) is 0 Å². The standard InChI is InChI=1S/C9H8F2O/c10-4-7-1-8(5-11)3-9(2-7)6-12/h1-3,6H,4-5H2. The Kier molecular flexibility index (Phi) is 2.91. The van der Waals surface area contributed by atoms with E-state index < -0.39 is 13.3 Å². The Labute approximate surface area is 69.0 Å². The van der Waals surface area contributed by atoms with Crippen LogP contribution in [0.15, 0.2) is 18.2 Å². The summed E-state index contributed by atoms with van der Waals surface area (Å²) in [6.45, 7) is -1.34. The molecule has 0 fully saturated rings. The lowest BCUT2D eigenvalue weighted by Gasteiger charge is -1.99. The van der Waals surface area contributed by atoms with Gasteiger partial charge >= 0.3 is 0 Å². The van der Waals surface area contributed by atoms with E-state index in [0.717, 1.165) is 0 Å². The van der Waals surface area contributed by atoms with Gasteiger partial charge < -0.3 is 0 Å². The average molecular weight is 170 g/mol. The quantitative estimate of drug-likeness (QED) is 0.637. The number of hydrogen-bond donors (Lipinski definition) is 0. The van der Waals surface area contributed by atoms with E-state index in [0.29, 0.717) is 23.0 Å². The highest BCUT2D eigenvalue weighted by molar-refractivity contribution is 5.75. The lowest BCUT2D eigenvalue weighted by molar-refractivity contribution is 0.112. The molecule has 0 heterocycles. The molecule has 0 aliphatic carbocycles. The molecule has 0 spiro atoms. The molecular formula is C9H8F2O. The smallest absolute Gasteiger partial charge is 0.150 e. The van der Waals surface area contributed by atoms with Crippen LogP contribution in [0.3, 0.4) is 0 Å². The molecule has 0 aromatic heterocycles. The van der Waals surface area contributed by atoms with Crippen molar-refractivity contribution in [2.45, 2.75) is 13.3 Å². The van der Waals surface area contributed by atoms with Crippen molar-refractivity contribution in [3.8, 4) is 0 Å². The molecule has 3 heteroatoms. The van der Waals surface area contributed by atoms with Crippen LogP contribution in [0.5, 0.6) is 0 Å². The maximum atomic E-state index is 12.1. The summed E-state index contributed by atoms with van der Waals surface area (Å²) in [5.74, 6) is 0. The maximum Gasteiger partial charge on any atom is 0.150 e. The van der Waals surface area contributed by atoms with Gasteiger partial charge in [0, 0.05) is 5.56 Å². The molecule has 0 saturated carbocycles. The van der Waals surface area contributed by atoms with Gasteiger partial charge in [0.25, 0.3) is 0 Å². The molecule has 0 N–H and O–H groups in total. The van der Waals surface area contributed by atoms with Crippen LogP contribution in [0.2, 0.25) is 0 Å². The van der Waals surface area contributed by atoms with Crippen molar-refractivity contribution >= 4 is 6.29 Å². The fraction of sp³-hybridized carbons (Fsp3) is 0.222. The minimum absolute atomic E-state index is 0.317. The molecule has 12 heavy (non-hydrogen) atoms. The molecule has 64 valence electrons. The Morgan fingerprint density at radius 2 is 1.58 bits per heavy atom. The van der Waals surface area contributed by atoms with E-state index in [-0.39, 0.29) is 0 Å². The monoisotopic (exact) mass is 170 g/mol. The number of carbonyl (C=O) groups is 1. The summed E-state index contributed by atoms with van der Waals surface area (Å²) in [6, 6.07) is 4.23. The second kappa shape index (κ2) is 3.95. The van der Waals surface area contributed by atoms with E-state index in [1.54, 1.807) is 0 Å². The minimum Gasteiger partial charge on any atom is -0.298 e. The fourth-order valence-corrected chi connectivity index (χ4v) is 1.01. The molecular weight excluding hydrogens is 162 g/mol. The van der Waals surface area contributed by atoms with Gasteiger partial charge in [-0.25, -0.2) is 8.78 Å². The van der Waals surface area contributed by atoms with Crippen molar-refractivity contribution in [2.75, 3.05) is 0 Å². The van der Waals surface area contributed by atoms with Gasteiger partial charge in [-0.15, -0.1) is 0 Å². The number of aldehydes is 1. The number of benzene rings is 1. The van der Waals surface area contributed by atoms with Crippen LogP contribution >= 0.6 is 0 Å². The van der Waals surface area contributed by atoms with E-state index in [4.69, 9.17) is 0 Å². The lowest BCUT2D eigenvalue weighted by Crippen LogP contribution is -1.89. The third kappa shape index (κ3) is 1.87. The second-order valence-electron chi connectivity index (χ2n) is 2.47. The first kappa shape index (κ1) is 8.84. The Morgan fingerprint density at radius 1 is 1.08 bits per heavy atom. The van der Waals surface area contributed by atoms with Crippen LogP contribution < -0.4 is 0 Å². The number of alkyl halides is 2. The first-order valence-electron chi connectivity index (χ1n) is 3.50. The van der Waals surface area contributed by atoms with Crippen molar-refractivity contribution in [1.82, 2.24) is 0 Å². The first-order valence-corrected chi connectivity index (χ1v) is 3.50. The summed E-state index contributed by atoms with van der Waals surface area (Å²) >= 11 is 0. The average Bonchev–Trinajstić information content (AvgIpc) is 2.16. The van der Waals surface area contributed by atoms with Crippen LogP contribution in [0.4, 0.5) is 8.78 Å². The van der Waals surface area contributed by atoms with E-state index in [2.05, 4.69) is 0 Å². The Balaban J connectivity index is 3.09. The van der Waals surface area contributed by atoms with Crippen molar-refractivity contribution in [3.05, 3.63) is 34.9 Å². The van der Waals surface area contributed by atoms with Gasteiger partial charge in [0.1, 0.15) is 19.6 Å². The van der Waals surface area contributed by atoms with Crippen LogP contribution in [0.25, 0.3) is 0 Å². The molecule has 1 aromatic carbocycles. The molecule has 0 unspecified atom stereocenters. The Hall–Kier alpha value is -1.25. The Morgan fingerprint density at radius 3 is 1.92 bits per heavy atom. The highest BCUT2D eigenvalue weighted by atomic mass is 19.1. The zero-order chi connectivity index (χ0) is 8.97. The summed E-state index contributed by atoms with van der Waals surface area (Å²) < 4.78 is 24.2. The zero-order valence-corrected chi connectivity index (χ0v) is 6.39. The number of hydrogen-bond acceptors (Lipinski definition) is 1. The van der Waals surface area contributed by atoms with E-state index >= 15 is 0 Å². The minimum atomic E-state index is -0.672. The SMILES string of the molecule is O=Cc1cc(CF)cc(CF)c1. The highest BCUT2D eigenvalue weighted by Gasteiger charge is 1.99. The maximum absolute atomic E-state index is 12.1. The number of rotatable bonds is 3. The Bertz CT molecular complexity index is 262. The van der Waals surface area contributed by atoms with E-state index in [1.165, 1.54) is 18.2 Å². The van der Waals surface area contributed by atoms with Gasteiger partial charge in [-0.3, -0.25) is 4.79 Å².